The maximum atomic E-state index is 11.0. The molecule has 1 atom stereocenters. The topological polar surface area (TPSA) is 99.9 Å². The Hall–Kier alpha value is -2.28. The molecule has 7 nitrogen and oxygen atoms in total. The predicted octanol–water partition coefficient (Wildman–Crippen LogP) is 1.50. The van der Waals surface area contributed by atoms with Crippen LogP contribution in [0.25, 0.3) is 5.69 Å². The average molecular weight is 247 g/mol. The second kappa shape index (κ2) is 4.53. The van der Waals surface area contributed by atoms with E-state index >= 15 is 0 Å². The Balaban J connectivity index is 2.52. The van der Waals surface area contributed by atoms with Crippen molar-refractivity contribution in [3.05, 3.63) is 45.8 Å². The highest BCUT2D eigenvalue weighted by Gasteiger charge is 2.17. The SMILES string of the molecule is Cc1ccc(-n2cc(C(C)N)nn2)c([N+](=O)[O-])c1. The summed E-state index contributed by atoms with van der Waals surface area (Å²) in [5, 5.41) is 18.8. The van der Waals surface area contributed by atoms with Gasteiger partial charge < -0.3 is 5.73 Å². The zero-order valence-electron chi connectivity index (χ0n) is 10.1. The van der Waals surface area contributed by atoms with Gasteiger partial charge in [0, 0.05) is 12.1 Å². The van der Waals surface area contributed by atoms with Crippen molar-refractivity contribution in [2.24, 2.45) is 5.73 Å². The molecular formula is C11H13N5O2. The first-order valence-corrected chi connectivity index (χ1v) is 5.42. The number of nitrogens with zero attached hydrogens (tertiary/aromatic N) is 4. The summed E-state index contributed by atoms with van der Waals surface area (Å²) in [6, 6.07) is 4.67. The van der Waals surface area contributed by atoms with Crippen molar-refractivity contribution < 1.29 is 4.92 Å². The molecule has 94 valence electrons. The number of nitrogens with two attached hydrogens (primary N) is 1. The Morgan fingerprint density at radius 1 is 1.50 bits per heavy atom. The summed E-state index contributed by atoms with van der Waals surface area (Å²) in [4.78, 5) is 10.6. The van der Waals surface area contributed by atoms with Gasteiger partial charge in [0.05, 0.1) is 16.8 Å². The Bertz CT molecular complexity index is 591. The van der Waals surface area contributed by atoms with Crippen molar-refractivity contribution in [3.8, 4) is 5.69 Å². The fourth-order valence-electron chi connectivity index (χ4n) is 1.58. The zero-order valence-corrected chi connectivity index (χ0v) is 10.1. The predicted molar refractivity (Wildman–Crippen MR) is 65.4 cm³/mol. The molecule has 1 aromatic heterocycles. The van der Waals surface area contributed by atoms with E-state index in [1.54, 1.807) is 32.2 Å². The van der Waals surface area contributed by atoms with Gasteiger partial charge in [-0.05, 0) is 25.5 Å². The van der Waals surface area contributed by atoms with E-state index in [1.165, 1.54) is 10.7 Å². The van der Waals surface area contributed by atoms with E-state index in [2.05, 4.69) is 10.3 Å². The van der Waals surface area contributed by atoms with Crippen molar-refractivity contribution in [2.75, 3.05) is 0 Å². The van der Waals surface area contributed by atoms with Gasteiger partial charge in [-0.3, -0.25) is 10.1 Å². The van der Waals surface area contributed by atoms with E-state index in [9.17, 15) is 10.1 Å². The quantitative estimate of drug-likeness (QED) is 0.654. The molecule has 1 heterocycles. The van der Waals surface area contributed by atoms with Gasteiger partial charge in [0.2, 0.25) is 0 Å². The smallest absolute Gasteiger partial charge is 0.295 e. The largest absolute Gasteiger partial charge is 0.323 e. The summed E-state index contributed by atoms with van der Waals surface area (Å²) < 4.78 is 1.37. The highest BCUT2D eigenvalue weighted by Crippen LogP contribution is 2.23. The number of aryl methyl sites for hydroxylation is 1. The number of benzene rings is 1. The Morgan fingerprint density at radius 2 is 2.22 bits per heavy atom. The monoisotopic (exact) mass is 247 g/mol. The van der Waals surface area contributed by atoms with Crippen LogP contribution in [0.4, 0.5) is 5.69 Å². The lowest BCUT2D eigenvalue weighted by molar-refractivity contribution is -0.384. The van der Waals surface area contributed by atoms with Crippen LogP contribution in [0.15, 0.2) is 24.4 Å². The highest BCUT2D eigenvalue weighted by molar-refractivity contribution is 5.53. The second-order valence-corrected chi connectivity index (χ2v) is 4.13. The van der Waals surface area contributed by atoms with Crippen molar-refractivity contribution in [1.82, 2.24) is 15.0 Å². The molecule has 2 rings (SSSR count). The lowest BCUT2D eigenvalue weighted by Gasteiger charge is -2.03. The fraction of sp³-hybridized carbons (Fsp3) is 0.273. The molecule has 7 heteroatoms. The fourth-order valence-corrected chi connectivity index (χ4v) is 1.58. The van der Waals surface area contributed by atoms with E-state index in [4.69, 9.17) is 5.73 Å². The molecule has 0 bridgehead atoms. The number of hydrogen-bond donors (Lipinski definition) is 1. The zero-order chi connectivity index (χ0) is 13.3. The van der Waals surface area contributed by atoms with Gasteiger partial charge in [-0.25, -0.2) is 4.68 Å². The van der Waals surface area contributed by atoms with Crippen LogP contribution in [-0.2, 0) is 0 Å². The number of rotatable bonds is 3. The maximum absolute atomic E-state index is 11.0. The van der Waals surface area contributed by atoms with Crippen LogP contribution in [0.3, 0.4) is 0 Å². The molecule has 1 aromatic carbocycles. The van der Waals surface area contributed by atoms with E-state index in [0.29, 0.717) is 11.4 Å². The second-order valence-electron chi connectivity index (χ2n) is 4.13. The van der Waals surface area contributed by atoms with Crippen LogP contribution in [0.5, 0.6) is 0 Å². The molecule has 0 radical (unpaired) electrons. The lowest BCUT2D eigenvalue weighted by atomic mass is 10.2. The molecule has 18 heavy (non-hydrogen) atoms. The number of nitro benzene ring substituents is 1. The van der Waals surface area contributed by atoms with Crippen LogP contribution in [-0.4, -0.2) is 19.9 Å². The van der Waals surface area contributed by atoms with Crippen LogP contribution < -0.4 is 5.73 Å². The molecular weight excluding hydrogens is 234 g/mol. The first-order valence-electron chi connectivity index (χ1n) is 5.42. The molecule has 0 aliphatic carbocycles. The van der Waals surface area contributed by atoms with Gasteiger partial charge in [-0.15, -0.1) is 5.10 Å². The minimum atomic E-state index is -0.435. The lowest BCUT2D eigenvalue weighted by Crippen LogP contribution is -2.05. The molecule has 0 saturated heterocycles. The summed E-state index contributed by atoms with van der Waals surface area (Å²) in [7, 11) is 0. The van der Waals surface area contributed by atoms with Gasteiger partial charge in [-0.1, -0.05) is 11.3 Å². The van der Waals surface area contributed by atoms with Gasteiger partial charge >= 0.3 is 0 Å². The van der Waals surface area contributed by atoms with E-state index in [0.717, 1.165) is 5.56 Å². The van der Waals surface area contributed by atoms with Crippen LogP contribution in [0.2, 0.25) is 0 Å². The molecule has 2 aromatic rings. The molecule has 1 unspecified atom stereocenters. The Labute approximate surface area is 103 Å². The molecule has 0 amide bonds. The average Bonchev–Trinajstić information content (AvgIpc) is 2.78. The number of aromatic nitrogens is 3. The van der Waals surface area contributed by atoms with E-state index in [1.807, 2.05) is 0 Å². The summed E-state index contributed by atoms with van der Waals surface area (Å²) >= 11 is 0. The van der Waals surface area contributed by atoms with Crippen LogP contribution in [0, 0.1) is 17.0 Å². The standard InChI is InChI=1S/C11H13N5O2/c1-7-3-4-10(11(5-7)16(17)18)15-6-9(8(2)12)13-14-15/h3-6,8H,12H2,1-2H3. The van der Waals surface area contributed by atoms with E-state index in [-0.39, 0.29) is 11.7 Å². The Morgan fingerprint density at radius 3 is 2.78 bits per heavy atom. The minimum Gasteiger partial charge on any atom is -0.323 e. The molecule has 0 saturated carbocycles. The van der Waals surface area contributed by atoms with Crippen molar-refractivity contribution in [1.29, 1.82) is 0 Å². The Kier molecular flexibility index (Phi) is 3.07. The summed E-state index contributed by atoms with van der Waals surface area (Å²) in [5.41, 5.74) is 7.46. The van der Waals surface area contributed by atoms with Crippen molar-refractivity contribution in [3.63, 3.8) is 0 Å². The summed E-state index contributed by atoms with van der Waals surface area (Å²) in [5.74, 6) is 0. The normalized spacial score (nSPS) is 12.4. The third kappa shape index (κ3) is 2.21. The van der Waals surface area contributed by atoms with Crippen molar-refractivity contribution >= 4 is 5.69 Å². The van der Waals surface area contributed by atoms with Gasteiger partial charge in [0.1, 0.15) is 5.69 Å². The van der Waals surface area contributed by atoms with Gasteiger partial charge in [-0.2, -0.15) is 0 Å². The molecule has 0 fully saturated rings. The number of nitro groups is 1. The van der Waals surface area contributed by atoms with E-state index < -0.39 is 4.92 Å². The molecule has 0 aliphatic rings. The van der Waals surface area contributed by atoms with Gasteiger partial charge in [0.15, 0.2) is 0 Å². The molecule has 0 aliphatic heterocycles. The first kappa shape index (κ1) is 12.2. The first-order chi connectivity index (χ1) is 8.49. The van der Waals surface area contributed by atoms with Gasteiger partial charge in [0.25, 0.3) is 5.69 Å². The maximum Gasteiger partial charge on any atom is 0.295 e. The van der Waals surface area contributed by atoms with Crippen molar-refractivity contribution in [2.45, 2.75) is 19.9 Å². The third-order valence-corrected chi connectivity index (χ3v) is 2.55. The summed E-state index contributed by atoms with van der Waals surface area (Å²) in [6.45, 7) is 3.57. The molecule has 0 spiro atoms. The third-order valence-electron chi connectivity index (χ3n) is 2.55. The highest BCUT2D eigenvalue weighted by atomic mass is 16.6. The minimum absolute atomic E-state index is 0.00359. The van der Waals surface area contributed by atoms with Crippen LogP contribution in [0.1, 0.15) is 24.2 Å². The molecule has 2 N–H and O–H groups in total. The van der Waals surface area contributed by atoms with Crippen LogP contribution >= 0.6 is 0 Å². The summed E-state index contributed by atoms with van der Waals surface area (Å²) in [6.07, 6.45) is 1.60. The number of hydrogen-bond acceptors (Lipinski definition) is 5.